The van der Waals surface area contributed by atoms with E-state index >= 15 is 0 Å². The van der Waals surface area contributed by atoms with E-state index in [2.05, 4.69) is 36.4 Å². The van der Waals surface area contributed by atoms with Gasteiger partial charge < -0.3 is 5.32 Å². The van der Waals surface area contributed by atoms with E-state index in [1.165, 1.54) is 0 Å². The Morgan fingerprint density at radius 3 is 2.76 bits per heavy atom. The van der Waals surface area contributed by atoms with Gasteiger partial charge in [-0.25, -0.2) is 4.98 Å². The minimum atomic E-state index is -0.251. The highest BCUT2D eigenvalue weighted by Gasteiger charge is 2.12. The number of aromatic amines is 1. The lowest BCUT2D eigenvalue weighted by Crippen LogP contribution is -2.14. The molecule has 2 aromatic rings. The molecule has 0 fully saturated rings. The molecular formula is C11H11BrN4O. The molecule has 17 heavy (non-hydrogen) atoms. The summed E-state index contributed by atoms with van der Waals surface area (Å²) in [5.41, 5.74) is 2.65. The summed E-state index contributed by atoms with van der Waals surface area (Å²) >= 11 is 3.23. The summed E-state index contributed by atoms with van der Waals surface area (Å²) in [6, 6.07) is 5.19. The van der Waals surface area contributed by atoms with Crippen LogP contribution in [0.4, 0.5) is 5.69 Å². The first-order valence-electron chi connectivity index (χ1n) is 5.03. The van der Waals surface area contributed by atoms with Crippen molar-refractivity contribution in [1.29, 1.82) is 0 Å². The van der Waals surface area contributed by atoms with E-state index in [4.69, 9.17) is 0 Å². The fourth-order valence-corrected chi connectivity index (χ4v) is 1.79. The highest BCUT2D eigenvalue weighted by molar-refractivity contribution is 9.10. The van der Waals surface area contributed by atoms with Gasteiger partial charge in [-0.05, 0) is 41.9 Å². The number of rotatable bonds is 2. The van der Waals surface area contributed by atoms with Gasteiger partial charge in [0.2, 0.25) is 0 Å². The Kier molecular flexibility index (Phi) is 3.23. The molecule has 0 saturated heterocycles. The number of hydrogen-bond donors (Lipinski definition) is 2. The van der Waals surface area contributed by atoms with Crippen molar-refractivity contribution in [3.8, 4) is 0 Å². The van der Waals surface area contributed by atoms with Crippen LogP contribution in [-0.4, -0.2) is 21.1 Å². The molecule has 6 heteroatoms. The predicted octanol–water partition coefficient (Wildman–Crippen LogP) is 2.44. The largest absolute Gasteiger partial charge is 0.317 e. The fraction of sp³-hybridized carbons (Fsp3) is 0.182. The smallest absolute Gasteiger partial charge is 0.274 e. The number of anilines is 1. The molecule has 2 rings (SSSR count). The van der Waals surface area contributed by atoms with Crippen LogP contribution in [0, 0.1) is 13.8 Å². The highest BCUT2D eigenvalue weighted by atomic mass is 79.9. The maximum Gasteiger partial charge on any atom is 0.274 e. The fourth-order valence-electron chi connectivity index (χ4n) is 1.45. The van der Waals surface area contributed by atoms with Crippen LogP contribution in [0.3, 0.4) is 0 Å². The Balaban J connectivity index is 2.23. The molecule has 2 heterocycles. The van der Waals surface area contributed by atoms with Gasteiger partial charge in [-0.3, -0.25) is 9.89 Å². The topological polar surface area (TPSA) is 70.7 Å². The predicted molar refractivity (Wildman–Crippen MR) is 68.0 cm³/mol. The Bertz CT molecular complexity index is 545. The zero-order valence-corrected chi connectivity index (χ0v) is 11.0. The van der Waals surface area contributed by atoms with Gasteiger partial charge in [0, 0.05) is 0 Å². The molecule has 0 saturated carbocycles. The van der Waals surface area contributed by atoms with Gasteiger partial charge in [0.05, 0.1) is 17.1 Å². The minimum Gasteiger partial charge on any atom is -0.317 e. The van der Waals surface area contributed by atoms with Gasteiger partial charge in [0.15, 0.2) is 0 Å². The third-order valence-corrected chi connectivity index (χ3v) is 2.76. The standard InChI is InChI=1S/C11H11BrN4O/c1-6-10(7(2)16-15-6)14-11(17)8-4-3-5-9(12)13-8/h3-5H,1-2H3,(H,14,17)(H,15,16). The average Bonchev–Trinajstić information content (AvgIpc) is 2.61. The number of amides is 1. The van der Waals surface area contributed by atoms with Crippen molar-refractivity contribution in [1.82, 2.24) is 15.2 Å². The van der Waals surface area contributed by atoms with Crippen LogP contribution < -0.4 is 5.32 Å². The summed E-state index contributed by atoms with van der Waals surface area (Å²) < 4.78 is 0.630. The molecule has 0 radical (unpaired) electrons. The molecule has 0 unspecified atom stereocenters. The summed E-state index contributed by atoms with van der Waals surface area (Å²) in [5.74, 6) is -0.251. The molecule has 5 nitrogen and oxygen atoms in total. The number of nitrogens with one attached hydrogen (secondary N) is 2. The van der Waals surface area contributed by atoms with Gasteiger partial charge in [-0.2, -0.15) is 5.10 Å². The van der Waals surface area contributed by atoms with Crippen LogP contribution in [0.2, 0.25) is 0 Å². The number of aromatic nitrogens is 3. The Labute approximate surface area is 107 Å². The molecule has 0 aliphatic heterocycles. The zero-order valence-electron chi connectivity index (χ0n) is 9.41. The third-order valence-electron chi connectivity index (χ3n) is 2.31. The first-order chi connectivity index (χ1) is 8.08. The van der Waals surface area contributed by atoms with Crippen LogP contribution in [0.5, 0.6) is 0 Å². The molecular weight excluding hydrogens is 284 g/mol. The second-order valence-electron chi connectivity index (χ2n) is 3.61. The highest BCUT2D eigenvalue weighted by Crippen LogP contribution is 2.17. The molecule has 88 valence electrons. The van der Waals surface area contributed by atoms with Crippen molar-refractivity contribution in [3.63, 3.8) is 0 Å². The monoisotopic (exact) mass is 294 g/mol. The Morgan fingerprint density at radius 1 is 1.41 bits per heavy atom. The minimum absolute atomic E-state index is 0.251. The van der Waals surface area contributed by atoms with Gasteiger partial charge in [0.25, 0.3) is 5.91 Å². The number of carbonyl (C=O) groups is 1. The number of H-pyrrole nitrogens is 1. The lowest BCUT2D eigenvalue weighted by Gasteiger charge is -2.04. The van der Waals surface area contributed by atoms with Crippen LogP contribution in [0.25, 0.3) is 0 Å². The molecule has 0 aliphatic carbocycles. The molecule has 0 bridgehead atoms. The molecule has 0 spiro atoms. The zero-order chi connectivity index (χ0) is 12.4. The Hall–Kier alpha value is -1.69. The first kappa shape index (κ1) is 11.8. The molecule has 0 aliphatic rings. The summed E-state index contributed by atoms with van der Waals surface area (Å²) in [7, 11) is 0. The Morgan fingerprint density at radius 2 is 2.18 bits per heavy atom. The summed E-state index contributed by atoms with van der Waals surface area (Å²) in [6.45, 7) is 3.68. The van der Waals surface area contributed by atoms with Crippen LogP contribution in [-0.2, 0) is 0 Å². The van der Waals surface area contributed by atoms with E-state index in [-0.39, 0.29) is 5.91 Å². The van der Waals surface area contributed by atoms with Crippen molar-refractivity contribution in [2.45, 2.75) is 13.8 Å². The number of aryl methyl sites for hydroxylation is 2. The number of pyridine rings is 1. The average molecular weight is 295 g/mol. The summed E-state index contributed by atoms with van der Waals surface area (Å²) in [4.78, 5) is 16.0. The second-order valence-corrected chi connectivity index (χ2v) is 4.42. The maximum atomic E-state index is 11.9. The first-order valence-corrected chi connectivity index (χ1v) is 5.82. The molecule has 0 atom stereocenters. The van der Waals surface area contributed by atoms with Crippen molar-refractivity contribution >= 4 is 27.5 Å². The van der Waals surface area contributed by atoms with Crippen LogP contribution in [0.15, 0.2) is 22.8 Å². The summed E-state index contributed by atoms with van der Waals surface area (Å²) in [5, 5.41) is 9.61. The maximum absolute atomic E-state index is 11.9. The lowest BCUT2D eigenvalue weighted by atomic mass is 10.3. The number of halogens is 1. The number of nitrogens with zero attached hydrogens (tertiary/aromatic N) is 2. The van der Waals surface area contributed by atoms with Gasteiger partial charge >= 0.3 is 0 Å². The molecule has 2 N–H and O–H groups in total. The molecule has 2 aromatic heterocycles. The van der Waals surface area contributed by atoms with E-state index in [0.29, 0.717) is 16.0 Å². The van der Waals surface area contributed by atoms with Crippen molar-refractivity contribution in [3.05, 3.63) is 39.9 Å². The quantitative estimate of drug-likeness (QED) is 0.836. The van der Waals surface area contributed by atoms with Crippen LogP contribution in [0.1, 0.15) is 21.9 Å². The SMILES string of the molecule is Cc1n[nH]c(C)c1NC(=O)c1cccc(Br)n1. The van der Waals surface area contributed by atoms with Gasteiger partial charge in [0.1, 0.15) is 10.3 Å². The van der Waals surface area contributed by atoms with Crippen LogP contribution >= 0.6 is 15.9 Å². The third kappa shape index (κ3) is 2.52. The van der Waals surface area contributed by atoms with E-state index in [9.17, 15) is 4.79 Å². The van der Waals surface area contributed by atoms with Gasteiger partial charge in [-0.1, -0.05) is 6.07 Å². The molecule has 0 aromatic carbocycles. The van der Waals surface area contributed by atoms with E-state index in [1.54, 1.807) is 18.2 Å². The van der Waals surface area contributed by atoms with Crippen molar-refractivity contribution in [2.24, 2.45) is 0 Å². The number of carbonyl (C=O) groups excluding carboxylic acids is 1. The van der Waals surface area contributed by atoms with E-state index < -0.39 is 0 Å². The van der Waals surface area contributed by atoms with Crippen molar-refractivity contribution in [2.75, 3.05) is 5.32 Å². The van der Waals surface area contributed by atoms with E-state index in [1.807, 2.05) is 13.8 Å². The molecule has 1 amide bonds. The van der Waals surface area contributed by atoms with Crippen molar-refractivity contribution < 1.29 is 4.79 Å². The number of hydrogen-bond acceptors (Lipinski definition) is 3. The normalized spacial score (nSPS) is 10.3. The lowest BCUT2D eigenvalue weighted by molar-refractivity contribution is 0.102. The summed E-state index contributed by atoms with van der Waals surface area (Å²) in [6.07, 6.45) is 0. The second kappa shape index (κ2) is 4.67. The van der Waals surface area contributed by atoms with E-state index in [0.717, 1.165) is 11.4 Å². The van der Waals surface area contributed by atoms with Gasteiger partial charge in [-0.15, -0.1) is 0 Å².